The van der Waals surface area contributed by atoms with E-state index in [1.807, 2.05) is 17.4 Å². The Balaban J connectivity index is 1.82. The fraction of sp³-hybridized carbons (Fsp3) is 0.385. The van der Waals surface area contributed by atoms with E-state index in [1.165, 1.54) is 15.3 Å². The number of halogens is 1. The number of nitrogens with two attached hydrogens (primary N) is 1. The van der Waals surface area contributed by atoms with Crippen LogP contribution in [0, 0.1) is 0 Å². The average Bonchev–Trinajstić information content (AvgIpc) is 2.99. The van der Waals surface area contributed by atoms with E-state index in [-0.39, 0.29) is 0 Å². The van der Waals surface area contributed by atoms with Gasteiger partial charge in [0, 0.05) is 29.4 Å². The minimum Gasteiger partial charge on any atom is -0.329 e. The molecule has 0 aromatic carbocycles. The molecule has 0 fully saturated rings. The van der Waals surface area contributed by atoms with Crippen molar-refractivity contribution in [1.29, 1.82) is 0 Å². The van der Waals surface area contributed by atoms with Crippen LogP contribution in [0.25, 0.3) is 0 Å². The summed E-state index contributed by atoms with van der Waals surface area (Å²) in [7, 11) is 0. The highest BCUT2D eigenvalue weighted by molar-refractivity contribution is 7.16. The van der Waals surface area contributed by atoms with Gasteiger partial charge in [0.05, 0.1) is 10.4 Å². The molecule has 96 valence electrons. The van der Waals surface area contributed by atoms with Gasteiger partial charge in [-0.05, 0) is 35.6 Å². The van der Waals surface area contributed by atoms with Gasteiger partial charge >= 0.3 is 0 Å². The smallest absolute Gasteiger partial charge is 0.0931 e. The molecule has 3 heterocycles. The van der Waals surface area contributed by atoms with Gasteiger partial charge in [-0.1, -0.05) is 11.6 Å². The van der Waals surface area contributed by atoms with Gasteiger partial charge in [-0.2, -0.15) is 0 Å². The van der Waals surface area contributed by atoms with Gasteiger partial charge in [0.15, 0.2) is 0 Å². The quantitative estimate of drug-likeness (QED) is 0.939. The van der Waals surface area contributed by atoms with E-state index in [0.717, 1.165) is 23.8 Å². The molecule has 2 aromatic rings. The second-order valence-electron chi connectivity index (χ2n) is 4.48. The van der Waals surface area contributed by atoms with Crippen LogP contribution in [0.1, 0.15) is 21.4 Å². The molecule has 0 saturated carbocycles. The lowest BCUT2D eigenvalue weighted by Crippen LogP contribution is -2.36. The summed E-state index contributed by atoms with van der Waals surface area (Å²) in [6, 6.07) is 6.61. The Kier molecular flexibility index (Phi) is 3.73. The van der Waals surface area contributed by atoms with Gasteiger partial charge in [0.2, 0.25) is 0 Å². The first-order valence-corrected chi connectivity index (χ1v) is 8.10. The summed E-state index contributed by atoms with van der Waals surface area (Å²) in [5.74, 6) is 0. The standard InChI is InChI=1S/C13H15ClN2S2/c14-13-2-1-12(18-13)10(7-15)16-5-3-11-9(8-16)4-6-17-11/h1-2,4,6,10H,3,5,7-8,15H2. The third-order valence-corrected chi connectivity index (χ3v) is 5.78. The number of nitrogens with zero attached hydrogens (tertiary/aromatic N) is 1. The summed E-state index contributed by atoms with van der Waals surface area (Å²) in [6.07, 6.45) is 1.14. The summed E-state index contributed by atoms with van der Waals surface area (Å²) < 4.78 is 0.844. The molecular formula is C13H15ClN2S2. The molecule has 0 amide bonds. The van der Waals surface area contributed by atoms with Crippen molar-refractivity contribution in [2.45, 2.75) is 19.0 Å². The maximum atomic E-state index is 6.02. The van der Waals surface area contributed by atoms with Crippen molar-refractivity contribution in [2.75, 3.05) is 13.1 Å². The Morgan fingerprint density at radius 1 is 1.39 bits per heavy atom. The molecule has 2 nitrogen and oxygen atoms in total. The van der Waals surface area contributed by atoms with Crippen LogP contribution in [0.5, 0.6) is 0 Å². The first-order valence-electron chi connectivity index (χ1n) is 6.02. The molecule has 2 N–H and O–H groups in total. The summed E-state index contributed by atoms with van der Waals surface area (Å²) in [5, 5.41) is 2.19. The molecule has 1 unspecified atom stereocenters. The highest BCUT2D eigenvalue weighted by Gasteiger charge is 2.25. The Hall–Kier alpha value is -0.390. The second kappa shape index (κ2) is 5.31. The van der Waals surface area contributed by atoms with Crippen LogP contribution in [-0.4, -0.2) is 18.0 Å². The van der Waals surface area contributed by atoms with Gasteiger partial charge < -0.3 is 5.73 Å². The molecule has 3 rings (SSSR count). The fourth-order valence-electron chi connectivity index (χ4n) is 2.49. The van der Waals surface area contributed by atoms with E-state index in [4.69, 9.17) is 17.3 Å². The minimum absolute atomic E-state index is 0.301. The highest BCUT2D eigenvalue weighted by Crippen LogP contribution is 2.34. The molecular weight excluding hydrogens is 284 g/mol. The van der Waals surface area contributed by atoms with Gasteiger partial charge in [0.1, 0.15) is 0 Å². The zero-order valence-electron chi connectivity index (χ0n) is 9.93. The van der Waals surface area contributed by atoms with Crippen LogP contribution >= 0.6 is 34.3 Å². The van der Waals surface area contributed by atoms with Crippen molar-refractivity contribution in [2.24, 2.45) is 5.73 Å². The number of fused-ring (bicyclic) bond motifs is 1. The molecule has 0 saturated heterocycles. The summed E-state index contributed by atoms with van der Waals surface area (Å²) in [6.45, 7) is 2.75. The maximum Gasteiger partial charge on any atom is 0.0931 e. The Morgan fingerprint density at radius 3 is 3.00 bits per heavy atom. The monoisotopic (exact) mass is 298 g/mol. The van der Waals surface area contributed by atoms with Gasteiger partial charge in [-0.3, -0.25) is 4.90 Å². The van der Waals surface area contributed by atoms with Crippen LogP contribution in [0.4, 0.5) is 0 Å². The highest BCUT2D eigenvalue weighted by atomic mass is 35.5. The molecule has 2 aromatic heterocycles. The van der Waals surface area contributed by atoms with E-state index in [1.54, 1.807) is 11.3 Å². The van der Waals surface area contributed by atoms with E-state index in [9.17, 15) is 0 Å². The van der Waals surface area contributed by atoms with Crippen LogP contribution in [-0.2, 0) is 13.0 Å². The molecule has 5 heteroatoms. The lowest BCUT2D eigenvalue weighted by atomic mass is 10.1. The predicted molar refractivity (Wildman–Crippen MR) is 79.6 cm³/mol. The molecule has 0 spiro atoms. The molecule has 0 aliphatic carbocycles. The molecule has 1 aliphatic heterocycles. The molecule has 1 aliphatic rings. The van der Waals surface area contributed by atoms with Crippen LogP contribution in [0.2, 0.25) is 4.34 Å². The van der Waals surface area contributed by atoms with Crippen molar-refractivity contribution in [3.05, 3.63) is 43.2 Å². The van der Waals surface area contributed by atoms with E-state index < -0.39 is 0 Å². The van der Waals surface area contributed by atoms with Gasteiger partial charge in [-0.15, -0.1) is 22.7 Å². The Bertz CT molecular complexity index is 535. The molecule has 18 heavy (non-hydrogen) atoms. The summed E-state index contributed by atoms with van der Waals surface area (Å²) in [5.41, 5.74) is 7.43. The SMILES string of the molecule is NCC(c1ccc(Cl)s1)N1CCc2sccc2C1. The zero-order chi connectivity index (χ0) is 12.5. The predicted octanol–water partition coefficient (Wildman–Crippen LogP) is 3.52. The van der Waals surface area contributed by atoms with Crippen molar-refractivity contribution >= 4 is 34.3 Å². The lowest BCUT2D eigenvalue weighted by Gasteiger charge is -2.33. The Labute approximate surface area is 120 Å². The second-order valence-corrected chi connectivity index (χ2v) is 7.23. The summed E-state index contributed by atoms with van der Waals surface area (Å²) >= 11 is 9.54. The average molecular weight is 299 g/mol. The van der Waals surface area contributed by atoms with Crippen molar-refractivity contribution in [3.8, 4) is 0 Å². The van der Waals surface area contributed by atoms with Crippen LogP contribution in [0.3, 0.4) is 0 Å². The molecule has 0 bridgehead atoms. The van der Waals surface area contributed by atoms with Crippen molar-refractivity contribution in [3.63, 3.8) is 0 Å². The largest absolute Gasteiger partial charge is 0.329 e. The summed E-state index contributed by atoms with van der Waals surface area (Å²) in [4.78, 5) is 5.28. The number of thiophene rings is 2. The van der Waals surface area contributed by atoms with Gasteiger partial charge in [-0.25, -0.2) is 0 Å². The van der Waals surface area contributed by atoms with E-state index in [2.05, 4.69) is 22.4 Å². The lowest BCUT2D eigenvalue weighted by molar-refractivity contribution is 0.188. The fourth-order valence-corrected chi connectivity index (χ4v) is 4.59. The van der Waals surface area contributed by atoms with Crippen LogP contribution < -0.4 is 5.73 Å². The first kappa shape index (κ1) is 12.6. The third-order valence-electron chi connectivity index (χ3n) is 3.42. The third kappa shape index (κ3) is 2.36. The molecule has 0 radical (unpaired) electrons. The Morgan fingerprint density at radius 2 is 2.28 bits per heavy atom. The number of hydrogen-bond donors (Lipinski definition) is 1. The normalized spacial score (nSPS) is 17.7. The number of rotatable bonds is 3. The maximum absolute atomic E-state index is 6.02. The first-order chi connectivity index (χ1) is 8.78. The minimum atomic E-state index is 0.301. The molecule has 1 atom stereocenters. The van der Waals surface area contributed by atoms with Crippen LogP contribution in [0.15, 0.2) is 23.6 Å². The van der Waals surface area contributed by atoms with E-state index >= 15 is 0 Å². The van der Waals surface area contributed by atoms with Gasteiger partial charge in [0.25, 0.3) is 0 Å². The topological polar surface area (TPSA) is 29.3 Å². The van der Waals surface area contributed by atoms with Crippen molar-refractivity contribution < 1.29 is 0 Å². The van der Waals surface area contributed by atoms with Crippen molar-refractivity contribution in [1.82, 2.24) is 4.90 Å². The number of hydrogen-bond acceptors (Lipinski definition) is 4. The zero-order valence-corrected chi connectivity index (χ0v) is 12.3. The van der Waals surface area contributed by atoms with E-state index in [0.29, 0.717) is 12.6 Å².